The lowest BCUT2D eigenvalue weighted by Gasteiger charge is -2.16. The van der Waals surface area contributed by atoms with Gasteiger partial charge in [0.25, 0.3) is 0 Å². The van der Waals surface area contributed by atoms with Gasteiger partial charge in [0, 0.05) is 16.3 Å². The molecule has 0 atom stereocenters. The molecule has 0 saturated heterocycles. The van der Waals surface area contributed by atoms with Crippen molar-refractivity contribution in [1.82, 2.24) is 4.98 Å². The summed E-state index contributed by atoms with van der Waals surface area (Å²) >= 11 is 7.63. The molecule has 0 aliphatic carbocycles. The minimum Gasteiger partial charge on any atom is -0.318 e. The van der Waals surface area contributed by atoms with Gasteiger partial charge in [0.2, 0.25) is 5.91 Å². The maximum absolute atomic E-state index is 11.9. The van der Waals surface area contributed by atoms with Gasteiger partial charge in [-0.2, -0.15) is 0 Å². The van der Waals surface area contributed by atoms with Crippen molar-refractivity contribution in [1.29, 1.82) is 0 Å². The fraction of sp³-hybridized carbons (Fsp3) is 0.333. The fourth-order valence-electron chi connectivity index (χ4n) is 1.72. The van der Waals surface area contributed by atoms with Crippen LogP contribution in [0.5, 0.6) is 0 Å². The highest BCUT2D eigenvalue weighted by molar-refractivity contribution is 7.15. The number of halogens is 2. The predicted molar refractivity (Wildman–Crippen MR) is 95.3 cm³/mol. The Labute approximate surface area is 145 Å². The number of aromatic nitrogens is 1. The van der Waals surface area contributed by atoms with Crippen molar-refractivity contribution >= 4 is 46.4 Å². The van der Waals surface area contributed by atoms with Crippen molar-refractivity contribution in [2.75, 3.05) is 5.32 Å². The molecule has 1 heterocycles. The Kier molecular flexibility index (Phi) is 6.38. The van der Waals surface area contributed by atoms with E-state index in [1.165, 1.54) is 11.3 Å². The average Bonchev–Trinajstić information content (AvgIpc) is 2.71. The molecular formula is C15H19Cl2N3OS. The van der Waals surface area contributed by atoms with Gasteiger partial charge in [0.05, 0.1) is 11.2 Å². The van der Waals surface area contributed by atoms with E-state index >= 15 is 0 Å². The number of nitrogens with zero attached hydrogens (tertiary/aromatic N) is 1. The highest BCUT2D eigenvalue weighted by Gasteiger charge is 2.23. The number of amides is 1. The van der Waals surface area contributed by atoms with Crippen LogP contribution in [0, 0.1) is 6.92 Å². The van der Waals surface area contributed by atoms with Crippen molar-refractivity contribution in [2.24, 2.45) is 5.73 Å². The third kappa shape index (κ3) is 4.68. The first-order valence-electron chi connectivity index (χ1n) is 6.57. The van der Waals surface area contributed by atoms with Crippen molar-refractivity contribution < 1.29 is 4.79 Å². The molecule has 0 spiro atoms. The van der Waals surface area contributed by atoms with Crippen molar-refractivity contribution in [3.05, 3.63) is 45.4 Å². The van der Waals surface area contributed by atoms with E-state index in [2.05, 4.69) is 10.3 Å². The van der Waals surface area contributed by atoms with Crippen molar-refractivity contribution in [2.45, 2.75) is 32.7 Å². The van der Waals surface area contributed by atoms with Crippen molar-refractivity contribution in [3.63, 3.8) is 0 Å². The van der Waals surface area contributed by atoms with Gasteiger partial charge in [-0.1, -0.05) is 29.8 Å². The number of nitrogens with two attached hydrogens (primary N) is 1. The predicted octanol–water partition coefficient (Wildman–Crippen LogP) is 3.79. The quantitative estimate of drug-likeness (QED) is 0.872. The van der Waals surface area contributed by atoms with E-state index in [1.54, 1.807) is 13.8 Å². The summed E-state index contributed by atoms with van der Waals surface area (Å²) in [5, 5.41) is 4.06. The molecule has 1 aromatic heterocycles. The van der Waals surface area contributed by atoms with Crippen LogP contribution in [-0.2, 0) is 11.2 Å². The zero-order valence-electron chi connectivity index (χ0n) is 12.6. The van der Waals surface area contributed by atoms with Crippen LogP contribution in [0.15, 0.2) is 24.3 Å². The highest BCUT2D eigenvalue weighted by atomic mass is 35.5. The second-order valence-corrected chi connectivity index (χ2v) is 6.96. The summed E-state index contributed by atoms with van der Waals surface area (Å²) in [5.74, 6) is -0.249. The first-order valence-corrected chi connectivity index (χ1v) is 7.77. The smallest absolute Gasteiger partial charge is 0.245 e. The lowest BCUT2D eigenvalue weighted by atomic mass is 10.1. The Balaban J connectivity index is 0.00000242. The number of carbonyl (C=O) groups excluding carboxylic acids is 1. The lowest BCUT2D eigenvalue weighted by molar-refractivity contribution is -0.120. The largest absolute Gasteiger partial charge is 0.318 e. The molecule has 0 aliphatic heterocycles. The van der Waals surface area contributed by atoms with E-state index in [4.69, 9.17) is 17.3 Å². The standard InChI is InChI=1S/C15H18ClN3OS.ClH/c1-9-12(8-10-6-4-5-7-11(10)16)21-14(18-9)19-13(20)15(2,3)17;/h4-7H,8,17H2,1-3H3,(H,18,19,20);1H. The maximum Gasteiger partial charge on any atom is 0.245 e. The van der Waals surface area contributed by atoms with Gasteiger partial charge in [-0.25, -0.2) is 4.98 Å². The molecule has 7 heteroatoms. The van der Waals surface area contributed by atoms with Crippen molar-refractivity contribution in [3.8, 4) is 0 Å². The summed E-state index contributed by atoms with van der Waals surface area (Å²) in [4.78, 5) is 17.3. The Bertz CT molecular complexity index is 665. The Morgan fingerprint density at radius 3 is 2.64 bits per heavy atom. The van der Waals surface area contributed by atoms with Gasteiger partial charge in [0.1, 0.15) is 0 Å². The first kappa shape index (κ1) is 18.9. The molecule has 0 radical (unpaired) electrons. The number of nitrogens with one attached hydrogen (secondary N) is 1. The van der Waals surface area contributed by atoms with E-state index < -0.39 is 5.54 Å². The molecule has 0 fully saturated rings. The van der Waals surface area contributed by atoms with Crippen LogP contribution in [0.25, 0.3) is 0 Å². The average molecular weight is 360 g/mol. The van der Waals surface area contributed by atoms with Crippen LogP contribution in [0.4, 0.5) is 5.13 Å². The highest BCUT2D eigenvalue weighted by Crippen LogP contribution is 2.28. The number of hydrogen-bond donors (Lipinski definition) is 2. The Morgan fingerprint density at radius 1 is 1.41 bits per heavy atom. The van der Waals surface area contributed by atoms with Crippen LogP contribution in [-0.4, -0.2) is 16.4 Å². The first-order chi connectivity index (χ1) is 9.77. The number of aryl methyl sites for hydroxylation is 1. The number of benzene rings is 1. The van der Waals surface area contributed by atoms with Crippen LogP contribution < -0.4 is 11.1 Å². The van der Waals surface area contributed by atoms with Crippen LogP contribution >= 0.6 is 35.3 Å². The monoisotopic (exact) mass is 359 g/mol. The Hall–Kier alpha value is -1.14. The molecular weight excluding hydrogens is 341 g/mol. The molecule has 1 aromatic carbocycles. The second-order valence-electron chi connectivity index (χ2n) is 5.47. The molecule has 3 N–H and O–H groups in total. The minimum absolute atomic E-state index is 0. The number of hydrogen-bond acceptors (Lipinski definition) is 4. The van der Waals surface area contributed by atoms with Crippen LogP contribution in [0.3, 0.4) is 0 Å². The van der Waals surface area contributed by atoms with Gasteiger partial charge in [-0.05, 0) is 32.4 Å². The third-order valence-electron chi connectivity index (χ3n) is 3.01. The molecule has 120 valence electrons. The molecule has 4 nitrogen and oxygen atoms in total. The molecule has 0 aliphatic rings. The maximum atomic E-state index is 11.9. The lowest BCUT2D eigenvalue weighted by Crippen LogP contribution is -2.45. The summed E-state index contributed by atoms with van der Waals surface area (Å²) in [6.07, 6.45) is 0.699. The Morgan fingerprint density at radius 2 is 2.05 bits per heavy atom. The van der Waals surface area contributed by atoms with Gasteiger partial charge in [-0.3, -0.25) is 4.79 Å². The van der Waals surface area contributed by atoms with E-state index in [1.807, 2.05) is 31.2 Å². The van der Waals surface area contributed by atoms with Gasteiger partial charge in [0.15, 0.2) is 5.13 Å². The molecule has 1 amide bonds. The molecule has 2 rings (SSSR count). The number of rotatable bonds is 4. The van der Waals surface area contributed by atoms with Gasteiger partial charge >= 0.3 is 0 Å². The molecule has 0 bridgehead atoms. The van der Waals surface area contributed by atoms with E-state index in [0.717, 1.165) is 21.2 Å². The van der Waals surface area contributed by atoms with Crippen LogP contribution in [0.1, 0.15) is 30.0 Å². The number of carbonyl (C=O) groups is 1. The molecule has 0 unspecified atom stereocenters. The fourth-order valence-corrected chi connectivity index (χ4v) is 2.90. The summed E-state index contributed by atoms with van der Waals surface area (Å²) in [6.45, 7) is 5.24. The van der Waals surface area contributed by atoms with E-state index in [-0.39, 0.29) is 18.3 Å². The molecule has 0 saturated carbocycles. The number of anilines is 1. The minimum atomic E-state index is -0.928. The topological polar surface area (TPSA) is 68.0 Å². The summed E-state index contributed by atoms with van der Waals surface area (Å²) in [7, 11) is 0. The zero-order chi connectivity index (χ0) is 15.6. The molecule has 2 aromatic rings. The summed E-state index contributed by atoms with van der Waals surface area (Å²) in [6, 6.07) is 7.72. The summed E-state index contributed by atoms with van der Waals surface area (Å²) in [5.41, 5.74) is 6.77. The second kappa shape index (κ2) is 7.42. The van der Waals surface area contributed by atoms with Gasteiger partial charge < -0.3 is 11.1 Å². The van der Waals surface area contributed by atoms with E-state index in [0.29, 0.717) is 11.6 Å². The normalized spacial score (nSPS) is 11.0. The zero-order valence-corrected chi connectivity index (χ0v) is 15.0. The van der Waals surface area contributed by atoms with E-state index in [9.17, 15) is 4.79 Å². The number of thiazole rings is 1. The SMILES string of the molecule is Cc1nc(NC(=O)C(C)(C)N)sc1Cc1ccccc1Cl.Cl. The molecule has 22 heavy (non-hydrogen) atoms. The van der Waals surface area contributed by atoms with Gasteiger partial charge in [-0.15, -0.1) is 23.7 Å². The van der Waals surface area contributed by atoms with Crippen LogP contribution in [0.2, 0.25) is 5.02 Å². The summed E-state index contributed by atoms with van der Waals surface area (Å²) < 4.78 is 0. The third-order valence-corrected chi connectivity index (χ3v) is 4.45.